The van der Waals surface area contributed by atoms with Gasteiger partial charge in [0.2, 0.25) is 6.04 Å². The quantitative estimate of drug-likeness (QED) is 0.483. The molecule has 5 nitrogen and oxygen atoms in total. The van der Waals surface area contributed by atoms with Gasteiger partial charge < -0.3 is 9.47 Å². The van der Waals surface area contributed by atoms with Crippen molar-refractivity contribution in [2.75, 3.05) is 14.2 Å². The van der Waals surface area contributed by atoms with Gasteiger partial charge in [-0.15, -0.1) is 0 Å². The normalized spacial score (nSPS) is 22.1. The summed E-state index contributed by atoms with van der Waals surface area (Å²) < 4.78 is 10.5. The molecule has 114 valence electrons. The minimum atomic E-state index is -0.577. The Bertz CT molecular complexity index is 580. The highest BCUT2D eigenvalue weighted by molar-refractivity contribution is 5.45. The monoisotopic (exact) mass is 291 g/mol. The van der Waals surface area contributed by atoms with Gasteiger partial charge in [0.05, 0.1) is 20.1 Å². The molecule has 0 bridgehead atoms. The van der Waals surface area contributed by atoms with Crippen LogP contribution in [0.4, 0.5) is 0 Å². The Kier molecular flexibility index (Phi) is 4.50. The number of rotatable bonds is 4. The van der Waals surface area contributed by atoms with Crippen LogP contribution in [0, 0.1) is 10.1 Å². The number of nitro groups is 1. The molecule has 21 heavy (non-hydrogen) atoms. The van der Waals surface area contributed by atoms with Gasteiger partial charge in [-0.25, -0.2) is 0 Å². The lowest BCUT2D eigenvalue weighted by atomic mass is 9.77. The van der Waals surface area contributed by atoms with Crippen molar-refractivity contribution >= 4 is 0 Å². The van der Waals surface area contributed by atoms with Crippen molar-refractivity contribution in [3.05, 3.63) is 45.0 Å². The second-order valence-corrected chi connectivity index (χ2v) is 5.54. The second-order valence-electron chi connectivity index (χ2n) is 5.54. The van der Waals surface area contributed by atoms with E-state index in [1.807, 2.05) is 25.1 Å². The van der Waals surface area contributed by atoms with Crippen molar-refractivity contribution in [1.29, 1.82) is 0 Å². The summed E-state index contributed by atoms with van der Waals surface area (Å²) in [6.07, 6.45) is 1.23. The van der Waals surface area contributed by atoms with E-state index in [-0.39, 0.29) is 10.8 Å². The molecule has 0 unspecified atom stereocenters. The highest BCUT2D eigenvalue weighted by atomic mass is 16.6. The Balaban J connectivity index is 2.41. The lowest BCUT2D eigenvalue weighted by molar-refractivity contribution is -0.527. The maximum Gasteiger partial charge on any atom is 0.223 e. The molecule has 0 radical (unpaired) electrons. The molecule has 1 aliphatic carbocycles. The van der Waals surface area contributed by atoms with E-state index in [1.165, 1.54) is 5.57 Å². The molecule has 0 aromatic heterocycles. The number of nitrogens with zero attached hydrogens (tertiary/aromatic N) is 1. The number of methoxy groups -OCH3 is 2. The first-order valence-electron chi connectivity index (χ1n) is 6.98. The third-order valence-electron chi connectivity index (χ3n) is 4.34. The summed E-state index contributed by atoms with van der Waals surface area (Å²) in [7, 11) is 3.15. The van der Waals surface area contributed by atoms with Gasteiger partial charge in [-0.05, 0) is 38.0 Å². The van der Waals surface area contributed by atoms with Crippen molar-refractivity contribution in [1.82, 2.24) is 0 Å². The van der Waals surface area contributed by atoms with Gasteiger partial charge in [0, 0.05) is 11.3 Å². The first-order chi connectivity index (χ1) is 9.97. The molecule has 0 saturated carbocycles. The van der Waals surface area contributed by atoms with Crippen LogP contribution >= 0.6 is 0 Å². The van der Waals surface area contributed by atoms with E-state index in [1.54, 1.807) is 14.2 Å². The fourth-order valence-electron chi connectivity index (χ4n) is 2.92. The standard InChI is InChI=1S/C16H21NO4/c1-10-7-13(14(17(18)19)8-11(10)2)12-5-6-15(20-3)16(9-12)21-4/h5-6,9,13-14H,7-8H2,1-4H3/t13-,14+/m0/s1. The molecule has 5 heteroatoms. The van der Waals surface area contributed by atoms with Gasteiger partial charge in [-0.1, -0.05) is 17.2 Å². The molecule has 0 amide bonds. The molecule has 1 aromatic rings. The fourth-order valence-corrected chi connectivity index (χ4v) is 2.92. The van der Waals surface area contributed by atoms with E-state index < -0.39 is 6.04 Å². The summed E-state index contributed by atoms with van der Waals surface area (Å²) in [4.78, 5) is 11.2. The Morgan fingerprint density at radius 3 is 2.29 bits per heavy atom. The summed E-state index contributed by atoms with van der Waals surface area (Å²) in [5.41, 5.74) is 3.31. The van der Waals surface area contributed by atoms with Crippen LogP contribution in [0.5, 0.6) is 11.5 Å². The van der Waals surface area contributed by atoms with Gasteiger partial charge in [-0.2, -0.15) is 0 Å². The number of allylic oxidation sites excluding steroid dienone is 1. The Morgan fingerprint density at radius 1 is 1.10 bits per heavy atom. The SMILES string of the molecule is COc1ccc([C@@H]2CC(C)=C(C)C[C@H]2[N+](=O)[O-])cc1OC. The molecule has 2 rings (SSSR count). The third-order valence-corrected chi connectivity index (χ3v) is 4.34. The lowest BCUT2D eigenvalue weighted by Gasteiger charge is -2.28. The van der Waals surface area contributed by atoms with Crippen LogP contribution in [0.1, 0.15) is 38.2 Å². The number of ether oxygens (including phenoxy) is 2. The molecule has 0 spiro atoms. The van der Waals surface area contributed by atoms with Crippen LogP contribution in [0.3, 0.4) is 0 Å². The molecule has 0 fully saturated rings. The Morgan fingerprint density at radius 2 is 1.71 bits per heavy atom. The summed E-state index contributed by atoms with van der Waals surface area (Å²) in [6, 6.07) is 4.99. The number of hydrogen-bond donors (Lipinski definition) is 0. The predicted molar refractivity (Wildman–Crippen MR) is 80.7 cm³/mol. The largest absolute Gasteiger partial charge is 0.493 e. The first kappa shape index (κ1) is 15.4. The van der Waals surface area contributed by atoms with Crippen LogP contribution in [-0.4, -0.2) is 25.2 Å². The zero-order valence-corrected chi connectivity index (χ0v) is 12.9. The fraction of sp³-hybridized carbons (Fsp3) is 0.500. The topological polar surface area (TPSA) is 61.6 Å². The smallest absolute Gasteiger partial charge is 0.223 e. The zero-order valence-electron chi connectivity index (χ0n) is 12.9. The second kappa shape index (κ2) is 6.16. The summed E-state index contributed by atoms with van der Waals surface area (Å²) >= 11 is 0. The molecular formula is C16H21NO4. The van der Waals surface area contributed by atoms with Crippen LogP contribution in [0.15, 0.2) is 29.3 Å². The van der Waals surface area contributed by atoms with Crippen molar-refractivity contribution < 1.29 is 14.4 Å². The number of benzene rings is 1. The molecule has 1 aromatic carbocycles. The summed E-state index contributed by atoms with van der Waals surface area (Å²) in [5.74, 6) is 1.13. The zero-order chi connectivity index (χ0) is 15.6. The van der Waals surface area contributed by atoms with Gasteiger partial charge >= 0.3 is 0 Å². The van der Waals surface area contributed by atoms with E-state index in [0.717, 1.165) is 11.1 Å². The van der Waals surface area contributed by atoms with Crippen molar-refractivity contribution in [2.45, 2.75) is 38.6 Å². The average Bonchev–Trinajstić information content (AvgIpc) is 2.48. The third kappa shape index (κ3) is 3.01. The van der Waals surface area contributed by atoms with Crippen LogP contribution in [-0.2, 0) is 0 Å². The van der Waals surface area contributed by atoms with E-state index >= 15 is 0 Å². The van der Waals surface area contributed by atoms with Crippen molar-refractivity contribution in [3.8, 4) is 11.5 Å². The van der Waals surface area contributed by atoms with Gasteiger partial charge in [-0.3, -0.25) is 10.1 Å². The van der Waals surface area contributed by atoms with Crippen molar-refractivity contribution in [2.24, 2.45) is 0 Å². The molecule has 0 N–H and O–H groups in total. The molecule has 0 saturated heterocycles. The van der Waals surface area contributed by atoms with Gasteiger partial charge in [0.15, 0.2) is 11.5 Å². The average molecular weight is 291 g/mol. The van der Waals surface area contributed by atoms with E-state index in [0.29, 0.717) is 24.3 Å². The maximum absolute atomic E-state index is 11.4. The Hall–Kier alpha value is -2.04. The number of hydrogen-bond acceptors (Lipinski definition) is 4. The highest BCUT2D eigenvalue weighted by Gasteiger charge is 2.37. The molecule has 2 atom stereocenters. The molecule has 1 aliphatic rings. The molecule has 0 aliphatic heterocycles. The summed E-state index contributed by atoms with van der Waals surface area (Å²) in [5, 5.41) is 11.4. The minimum absolute atomic E-state index is 0.122. The van der Waals surface area contributed by atoms with Gasteiger partial charge in [0.25, 0.3) is 0 Å². The molecule has 0 heterocycles. The first-order valence-corrected chi connectivity index (χ1v) is 6.98. The predicted octanol–water partition coefficient (Wildman–Crippen LogP) is 3.56. The van der Waals surface area contributed by atoms with Gasteiger partial charge in [0.1, 0.15) is 0 Å². The molecular weight excluding hydrogens is 270 g/mol. The van der Waals surface area contributed by atoms with E-state index in [9.17, 15) is 10.1 Å². The lowest BCUT2D eigenvalue weighted by Crippen LogP contribution is -2.31. The minimum Gasteiger partial charge on any atom is -0.493 e. The van der Waals surface area contributed by atoms with E-state index in [2.05, 4.69) is 6.92 Å². The van der Waals surface area contributed by atoms with Crippen LogP contribution in [0.2, 0.25) is 0 Å². The van der Waals surface area contributed by atoms with Crippen LogP contribution < -0.4 is 9.47 Å². The van der Waals surface area contributed by atoms with Crippen molar-refractivity contribution in [3.63, 3.8) is 0 Å². The van der Waals surface area contributed by atoms with E-state index in [4.69, 9.17) is 9.47 Å². The summed E-state index contributed by atoms with van der Waals surface area (Å²) in [6.45, 7) is 4.04. The highest BCUT2D eigenvalue weighted by Crippen LogP contribution is 2.40. The Labute approximate surface area is 124 Å². The maximum atomic E-state index is 11.4. The van der Waals surface area contributed by atoms with Crippen LogP contribution in [0.25, 0.3) is 0 Å².